The number of halogens is 1. The Morgan fingerprint density at radius 1 is 1.11 bits per heavy atom. The van der Waals surface area contributed by atoms with Crippen LogP contribution < -0.4 is 19.1 Å². The van der Waals surface area contributed by atoms with E-state index in [1.54, 1.807) is 55.6 Å². The second kappa shape index (κ2) is 9.48. The van der Waals surface area contributed by atoms with Crippen molar-refractivity contribution in [3.63, 3.8) is 0 Å². The number of benzene rings is 2. The van der Waals surface area contributed by atoms with Crippen LogP contribution in [0.15, 0.2) is 48.5 Å². The summed E-state index contributed by atoms with van der Waals surface area (Å²) in [5, 5.41) is 2.88. The number of carbonyl (C=O) groups is 1. The average molecular weight is 413 g/mol. The van der Waals surface area contributed by atoms with Crippen LogP contribution in [-0.2, 0) is 14.8 Å². The van der Waals surface area contributed by atoms with E-state index in [-0.39, 0.29) is 30.4 Å². The smallest absolute Gasteiger partial charge is 0.240 e. The van der Waals surface area contributed by atoms with Crippen LogP contribution in [-0.4, -0.2) is 47.4 Å². The molecule has 2 rings (SSSR count). The van der Waals surface area contributed by atoms with Crippen LogP contribution in [0.2, 0.25) is 5.02 Å². The summed E-state index contributed by atoms with van der Waals surface area (Å²) in [5.74, 6) is 0.897. The van der Waals surface area contributed by atoms with Crippen molar-refractivity contribution in [1.29, 1.82) is 0 Å². The number of hydrogen-bond acceptors (Lipinski definition) is 5. The van der Waals surface area contributed by atoms with Crippen molar-refractivity contribution < 1.29 is 22.7 Å². The topological polar surface area (TPSA) is 84.9 Å². The Labute approximate surface area is 163 Å². The van der Waals surface area contributed by atoms with Crippen LogP contribution in [0.4, 0.5) is 5.69 Å². The molecule has 7 nitrogen and oxygen atoms in total. The van der Waals surface area contributed by atoms with Gasteiger partial charge < -0.3 is 14.8 Å². The monoisotopic (exact) mass is 412 g/mol. The van der Waals surface area contributed by atoms with E-state index in [0.717, 1.165) is 16.3 Å². The number of ether oxygens (including phenoxy) is 2. The number of anilines is 1. The molecule has 2 aromatic carbocycles. The molecule has 0 aliphatic carbocycles. The van der Waals surface area contributed by atoms with Crippen molar-refractivity contribution in [1.82, 2.24) is 5.32 Å². The van der Waals surface area contributed by atoms with Crippen LogP contribution in [0.25, 0.3) is 0 Å². The molecule has 146 valence electrons. The van der Waals surface area contributed by atoms with E-state index in [9.17, 15) is 13.2 Å². The SMILES string of the molecule is COc1ccc(OCCNC(=O)CN(c2ccccc2Cl)S(C)(=O)=O)cc1. The second-order valence-corrected chi connectivity index (χ2v) is 7.91. The molecule has 0 atom stereocenters. The lowest BCUT2D eigenvalue weighted by Gasteiger charge is -2.22. The van der Waals surface area contributed by atoms with Gasteiger partial charge in [-0.15, -0.1) is 0 Å². The highest BCUT2D eigenvalue weighted by Gasteiger charge is 2.22. The molecule has 27 heavy (non-hydrogen) atoms. The van der Waals surface area contributed by atoms with Gasteiger partial charge in [0.1, 0.15) is 24.7 Å². The number of para-hydroxylation sites is 1. The maximum absolute atomic E-state index is 12.1. The van der Waals surface area contributed by atoms with E-state index < -0.39 is 15.9 Å². The second-order valence-electron chi connectivity index (χ2n) is 5.59. The van der Waals surface area contributed by atoms with Crippen molar-refractivity contribution >= 4 is 33.2 Å². The fourth-order valence-corrected chi connectivity index (χ4v) is 3.41. The first-order chi connectivity index (χ1) is 12.8. The molecular weight excluding hydrogens is 392 g/mol. The molecule has 0 bridgehead atoms. The third-order valence-electron chi connectivity index (χ3n) is 3.56. The quantitative estimate of drug-likeness (QED) is 0.639. The Morgan fingerprint density at radius 2 is 1.74 bits per heavy atom. The van der Waals surface area contributed by atoms with Crippen LogP contribution in [0.3, 0.4) is 0 Å². The summed E-state index contributed by atoms with van der Waals surface area (Å²) in [5.41, 5.74) is 0.256. The van der Waals surface area contributed by atoms with Crippen molar-refractivity contribution in [2.45, 2.75) is 0 Å². The number of methoxy groups -OCH3 is 1. The van der Waals surface area contributed by atoms with Crippen LogP contribution in [0.1, 0.15) is 0 Å². The van der Waals surface area contributed by atoms with Gasteiger partial charge in [0.05, 0.1) is 30.6 Å². The van der Waals surface area contributed by atoms with Gasteiger partial charge in [-0.1, -0.05) is 23.7 Å². The summed E-state index contributed by atoms with van der Waals surface area (Å²) in [7, 11) is -2.09. The fourth-order valence-electron chi connectivity index (χ4n) is 2.25. The summed E-state index contributed by atoms with van der Waals surface area (Å²) in [4.78, 5) is 12.1. The van der Waals surface area contributed by atoms with Crippen LogP contribution >= 0.6 is 11.6 Å². The Kier molecular flexibility index (Phi) is 7.32. The summed E-state index contributed by atoms with van der Waals surface area (Å²) in [6.45, 7) is 0.0964. The Balaban J connectivity index is 1.88. The lowest BCUT2D eigenvalue weighted by molar-refractivity contribution is -0.119. The molecule has 0 spiro atoms. The zero-order valence-electron chi connectivity index (χ0n) is 15.0. The van der Waals surface area contributed by atoms with Crippen molar-refractivity contribution in [3.05, 3.63) is 53.6 Å². The van der Waals surface area contributed by atoms with Gasteiger partial charge in [0.25, 0.3) is 0 Å². The number of sulfonamides is 1. The lowest BCUT2D eigenvalue weighted by atomic mass is 10.3. The van der Waals surface area contributed by atoms with E-state index >= 15 is 0 Å². The van der Waals surface area contributed by atoms with Gasteiger partial charge in [-0.25, -0.2) is 8.42 Å². The third-order valence-corrected chi connectivity index (χ3v) is 5.01. The number of nitrogens with one attached hydrogen (secondary N) is 1. The largest absolute Gasteiger partial charge is 0.497 e. The molecule has 0 aliphatic heterocycles. The number of carbonyl (C=O) groups excluding carboxylic acids is 1. The van der Waals surface area contributed by atoms with E-state index in [4.69, 9.17) is 21.1 Å². The molecule has 1 amide bonds. The van der Waals surface area contributed by atoms with E-state index in [2.05, 4.69) is 5.32 Å². The highest BCUT2D eigenvalue weighted by molar-refractivity contribution is 7.92. The zero-order chi connectivity index (χ0) is 19.9. The molecule has 0 heterocycles. The number of amides is 1. The molecule has 2 aromatic rings. The lowest BCUT2D eigenvalue weighted by Crippen LogP contribution is -2.41. The Hall–Kier alpha value is -2.45. The van der Waals surface area contributed by atoms with Gasteiger partial charge >= 0.3 is 0 Å². The fraction of sp³-hybridized carbons (Fsp3) is 0.278. The Morgan fingerprint density at radius 3 is 2.33 bits per heavy atom. The van der Waals surface area contributed by atoms with Gasteiger partial charge in [0, 0.05) is 0 Å². The van der Waals surface area contributed by atoms with Gasteiger partial charge in [-0.05, 0) is 36.4 Å². The molecule has 0 aromatic heterocycles. The predicted molar refractivity (Wildman–Crippen MR) is 105 cm³/mol. The minimum Gasteiger partial charge on any atom is -0.497 e. The van der Waals surface area contributed by atoms with Crippen molar-refractivity contribution in [2.24, 2.45) is 0 Å². The van der Waals surface area contributed by atoms with Gasteiger partial charge in [0.15, 0.2) is 0 Å². The van der Waals surface area contributed by atoms with Gasteiger partial charge in [0.2, 0.25) is 15.9 Å². The molecular formula is C18H21ClN2O5S. The van der Waals surface area contributed by atoms with E-state index in [1.165, 1.54) is 0 Å². The molecule has 0 radical (unpaired) electrons. The van der Waals surface area contributed by atoms with Crippen LogP contribution in [0.5, 0.6) is 11.5 Å². The van der Waals surface area contributed by atoms with Crippen molar-refractivity contribution in [2.75, 3.05) is 37.4 Å². The molecule has 1 N–H and O–H groups in total. The maximum atomic E-state index is 12.1. The third kappa shape index (κ3) is 6.33. The van der Waals surface area contributed by atoms with Gasteiger partial charge in [-0.2, -0.15) is 0 Å². The maximum Gasteiger partial charge on any atom is 0.240 e. The molecule has 0 fully saturated rings. The van der Waals surface area contributed by atoms with E-state index in [1.807, 2.05) is 0 Å². The molecule has 0 saturated carbocycles. The molecule has 0 saturated heterocycles. The van der Waals surface area contributed by atoms with E-state index in [0.29, 0.717) is 5.75 Å². The Bertz CT molecular complexity index is 872. The normalized spacial score (nSPS) is 10.9. The summed E-state index contributed by atoms with van der Waals surface area (Å²) in [6, 6.07) is 13.5. The first kappa shape index (κ1) is 20.9. The molecule has 0 aliphatic rings. The summed E-state index contributed by atoms with van der Waals surface area (Å²) >= 11 is 6.06. The summed E-state index contributed by atoms with van der Waals surface area (Å²) < 4.78 is 35.6. The molecule has 0 unspecified atom stereocenters. The first-order valence-electron chi connectivity index (χ1n) is 8.07. The predicted octanol–water partition coefficient (Wildman–Crippen LogP) is 2.31. The average Bonchev–Trinajstić information content (AvgIpc) is 2.63. The zero-order valence-corrected chi connectivity index (χ0v) is 16.6. The number of rotatable bonds is 9. The minimum atomic E-state index is -3.67. The van der Waals surface area contributed by atoms with Crippen molar-refractivity contribution in [3.8, 4) is 11.5 Å². The van der Waals surface area contributed by atoms with Crippen LogP contribution in [0, 0.1) is 0 Å². The highest BCUT2D eigenvalue weighted by Crippen LogP contribution is 2.26. The summed E-state index contributed by atoms with van der Waals surface area (Å²) in [6.07, 6.45) is 1.02. The highest BCUT2D eigenvalue weighted by atomic mass is 35.5. The standard InChI is InChI=1S/C18H21ClN2O5S/c1-25-14-7-9-15(10-8-14)26-12-11-20-18(22)13-21(27(2,23)24)17-6-4-3-5-16(17)19/h3-10H,11-13H2,1-2H3,(H,20,22). The number of nitrogens with zero attached hydrogens (tertiary/aromatic N) is 1. The first-order valence-corrected chi connectivity index (χ1v) is 10.3. The number of hydrogen-bond donors (Lipinski definition) is 1. The minimum absolute atomic E-state index is 0.227. The molecule has 9 heteroatoms. The van der Waals surface area contributed by atoms with Gasteiger partial charge in [-0.3, -0.25) is 9.10 Å².